The molecule has 2 rings (SSSR count). The van der Waals surface area contributed by atoms with Crippen LogP contribution in [0.5, 0.6) is 0 Å². The Morgan fingerprint density at radius 2 is 2.26 bits per heavy atom. The Morgan fingerprint density at radius 1 is 1.58 bits per heavy atom. The van der Waals surface area contributed by atoms with Crippen molar-refractivity contribution < 1.29 is 19.0 Å². The predicted molar refractivity (Wildman–Crippen MR) is 69.8 cm³/mol. The van der Waals surface area contributed by atoms with Gasteiger partial charge in [0.25, 0.3) is 0 Å². The van der Waals surface area contributed by atoms with Crippen molar-refractivity contribution >= 4 is 17.3 Å². The summed E-state index contributed by atoms with van der Waals surface area (Å²) in [5.74, 6) is -2.15. The van der Waals surface area contributed by atoms with Gasteiger partial charge < -0.3 is 20.9 Å². The van der Waals surface area contributed by atoms with E-state index in [2.05, 4.69) is 5.32 Å². The smallest absolute Gasteiger partial charge is 0.338 e. The maximum absolute atomic E-state index is 13.4. The summed E-state index contributed by atoms with van der Waals surface area (Å²) in [6.45, 7) is 5.19. The van der Waals surface area contributed by atoms with E-state index in [0.717, 1.165) is 6.07 Å². The van der Waals surface area contributed by atoms with E-state index in [1.54, 1.807) is 0 Å². The van der Waals surface area contributed by atoms with E-state index >= 15 is 0 Å². The third kappa shape index (κ3) is 2.63. The Bertz CT molecular complexity index is 517. The van der Waals surface area contributed by atoms with Crippen LogP contribution in [0.25, 0.3) is 0 Å². The highest BCUT2D eigenvalue weighted by molar-refractivity contribution is 5.91. The van der Waals surface area contributed by atoms with Crippen molar-refractivity contribution in [2.24, 2.45) is 5.41 Å². The molecule has 1 heterocycles. The Hall–Kier alpha value is -1.82. The van der Waals surface area contributed by atoms with Crippen molar-refractivity contribution in [3.8, 4) is 0 Å². The number of nitrogens with two attached hydrogens (primary N) is 1. The van der Waals surface area contributed by atoms with Crippen LogP contribution >= 0.6 is 0 Å². The second kappa shape index (κ2) is 4.70. The average Bonchev–Trinajstić information content (AvgIpc) is 2.61. The summed E-state index contributed by atoms with van der Waals surface area (Å²) in [7, 11) is 0. The van der Waals surface area contributed by atoms with Gasteiger partial charge in [-0.1, -0.05) is 13.8 Å². The number of aromatic carboxylic acids is 1. The summed E-state index contributed by atoms with van der Waals surface area (Å²) in [6.07, 6.45) is 0. The molecule has 0 saturated carbocycles. The number of benzene rings is 1. The van der Waals surface area contributed by atoms with Gasteiger partial charge >= 0.3 is 5.97 Å². The SMILES string of the molecule is CC1(C)COCC1Nc1cc(C(=O)O)c(F)cc1N. The zero-order chi connectivity index (χ0) is 14.2. The zero-order valence-corrected chi connectivity index (χ0v) is 10.9. The Kier molecular flexibility index (Phi) is 3.36. The largest absolute Gasteiger partial charge is 0.478 e. The van der Waals surface area contributed by atoms with Gasteiger partial charge in [0.15, 0.2) is 0 Å². The maximum Gasteiger partial charge on any atom is 0.338 e. The average molecular weight is 268 g/mol. The number of carbonyl (C=O) groups is 1. The summed E-state index contributed by atoms with van der Waals surface area (Å²) in [5.41, 5.74) is 5.84. The Balaban J connectivity index is 2.30. The lowest BCUT2D eigenvalue weighted by molar-refractivity contribution is 0.0692. The van der Waals surface area contributed by atoms with Crippen LogP contribution in [-0.4, -0.2) is 30.3 Å². The number of hydrogen-bond acceptors (Lipinski definition) is 4. The molecule has 1 aromatic rings. The van der Waals surface area contributed by atoms with E-state index in [9.17, 15) is 9.18 Å². The van der Waals surface area contributed by atoms with Gasteiger partial charge in [0.2, 0.25) is 0 Å². The molecule has 0 aromatic heterocycles. The van der Waals surface area contributed by atoms with Crippen molar-refractivity contribution in [3.63, 3.8) is 0 Å². The third-order valence-corrected chi connectivity index (χ3v) is 3.40. The highest BCUT2D eigenvalue weighted by Crippen LogP contribution is 2.32. The fourth-order valence-electron chi connectivity index (χ4n) is 2.07. The van der Waals surface area contributed by atoms with E-state index in [0.29, 0.717) is 18.9 Å². The minimum absolute atomic E-state index is 0.00176. The van der Waals surface area contributed by atoms with Crippen LogP contribution in [0.1, 0.15) is 24.2 Å². The van der Waals surface area contributed by atoms with Gasteiger partial charge in [-0.2, -0.15) is 0 Å². The van der Waals surface area contributed by atoms with Crippen LogP contribution in [0.3, 0.4) is 0 Å². The van der Waals surface area contributed by atoms with Gasteiger partial charge in [-0.3, -0.25) is 0 Å². The second-order valence-corrected chi connectivity index (χ2v) is 5.43. The number of halogens is 1. The summed E-state index contributed by atoms with van der Waals surface area (Å²) >= 11 is 0. The molecule has 1 atom stereocenters. The van der Waals surface area contributed by atoms with Gasteiger partial charge in [0.1, 0.15) is 5.82 Å². The minimum Gasteiger partial charge on any atom is -0.478 e. The standard InChI is InChI=1S/C13H17FN2O3/c1-13(2)6-19-5-11(13)16-10-3-7(12(17)18)8(14)4-9(10)15/h3-4,11,16H,5-6,15H2,1-2H3,(H,17,18). The molecule has 4 N–H and O–H groups in total. The van der Waals surface area contributed by atoms with Crippen LogP contribution in [-0.2, 0) is 4.74 Å². The number of nitrogen functional groups attached to an aromatic ring is 1. The topological polar surface area (TPSA) is 84.6 Å². The van der Waals surface area contributed by atoms with E-state index in [1.165, 1.54) is 6.07 Å². The van der Waals surface area contributed by atoms with Crippen LogP contribution in [0.2, 0.25) is 0 Å². The highest BCUT2D eigenvalue weighted by atomic mass is 19.1. The van der Waals surface area contributed by atoms with Gasteiger partial charge in [0.05, 0.1) is 36.2 Å². The molecule has 19 heavy (non-hydrogen) atoms. The molecule has 6 heteroatoms. The van der Waals surface area contributed by atoms with Gasteiger partial charge in [-0.15, -0.1) is 0 Å². The number of carboxylic acids is 1. The lowest BCUT2D eigenvalue weighted by atomic mass is 9.87. The predicted octanol–water partition coefficient (Wildman–Crippen LogP) is 1.94. The molecule has 1 aliphatic heterocycles. The first kappa shape index (κ1) is 13.6. The Morgan fingerprint density at radius 3 is 2.79 bits per heavy atom. The van der Waals surface area contributed by atoms with Crippen LogP contribution in [0.4, 0.5) is 15.8 Å². The van der Waals surface area contributed by atoms with Crippen molar-refractivity contribution in [2.45, 2.75) is 19.9 Å². The third-order valence-electron chi connectivity index (χ3n) is 3.40. The highest BCUT2D eigenvalue weighted by Gasteiger charge is 2.36. The van der Waals surface area contributed by atoms with Crippen molar-refractivity contribution in [2.75, 3.05) is 24.3 Å². The summed E-state index contributed by atoms with van der Waals surface area (Å²) in [5, 5.41) is 12.1. The number of rotatable bonds is 3. The molecule has 5 nitrogen and oxygen atoms in total. The van der Waals surface area contributed by atoms with Gasteiger partial charge in [-0.05, 0) is 12.1 Å². The summed E-state index contributed by atoms with van der Waals surface area (Å²) in [6, 6.07) is 2.25. The van der Waals surface area contributed by atoms with Crippen LogP contribution in [0, 0.1) is 11.2 Å². The summed E-state index contributed by atoms with van der Waals surface area (Å²) < 4.78 is 18.8. The fraction of sp³-hybridized carbons (Fsp3) is 0.462. The van der Waals surface area contributed by atoms with E-state index in [1.807, 2.05) is 13.8 Å². The molecule has 0 spiro atoms. The maximum atomic E-state index is 13.4. The van der Waals surface area contributed by atoms with E-state index in [4.69, 9.17) is 15.6 Å². The molecule has 104 valence electrons. The molecular weight excluding hydrogens is 251 g/mol. The first-order valence-corrected chi connectivity index (χ1v) is 5.98. The normalized spacial score (nSPS) is 21.3. The monoisotopic (exact) mass is 268 g/mol. The van der Waals surface area contributed by atoms with Crippen molar-refractivity contribution in [1.29, 1.82) is 0 Å². The molecule has 1 aromatic carbocycles. The van der Waals surface area contributed by atoms with Crippen molar-refractivity contribution in [3.05, 3.63) is 23.5 Å². The van der Waals surface area contributed by atoms with Crippen molar-refractivity contribution in [1.82, 2.24) is 0 Å². The first-order chi connectivity index (χ1) is 8.81. The Labute approximate surface area is 110 Å². The summed E-state index contributed by atoms with van der Waals surface area (Å²) in [4.78, 5) is 10.9. The number of ether oxygens (including phenoxy) is 1. The quantitative estimate of drug-likeness (QED) is 0.729. The molecule has 0 bridgehead atoms. The zero-order valence-electron chi connectivity index (χ0n) is 10.9. The number of carboxylic acid groups (broad SMARTS) is 1. The molecule has 1 saturated heterocycles. The minimum atomic E-state index is -1.32. The molecule has 1 aliphatic rings. The molecule has 0 radical (unpaired) electrons. The first-order valence-electron chi connectivity index (χ1n) is 5.98. The van der Waals surface area contributed by atoms with Gasteiger partial charge in [-0.25, -0.2) is 9.18 Å². The van der Waals surface area contributed by atoms with E-state index < -0.39 is 17.3 Å². The number of hydrogen-bond donors (Lipinski definition) is 3. The lowest BCUT2D eigenvalue weighted by Gasteiger charge is -2.27. The fourth-order valence-corrected chi connectivity index (χ4v) is 2.07. The molecule has 1 fully saturated rings. The van der Waals surface area contributed by atoms with Crippen LogP contribution < -0.4 is 11.1 Å². The lowest BCUT2D eigenvalue weighted by Crippen LogP contribution is -2.35. The number of anilines is 2. The molecule has 0 aliphatic carbocycles. The molecule has 0 amide bonds. The van der Waals surface area contributed by atoms with E-state index in [-0.39, 0.29) is 17.1 Å². The van der Waals surface area contributed by atoms with Crippen LogP contribution in [0.15, 0.2) is 12.1 Å². The molecular formula is C13H17FN2O3. The second-order valence-electron chi connectivity index (χ2n) is 5.43. The van der Waals surface area contributed by atoms with Gasteiger partial charge in [0, 0.05) is 5.41 Å². The number of nitrogens with one attached hydrogen (secondary N) is 1. The molecule has 1 unspecified atom stereocenters.